The Labute approximate surface area is 104 Å². The lowest BCUT2D eigenvalue weighted by molar-refractivity contribution is 0.210. The van der Waals surface area contributed by atoms with E-state index in [-0.39, 0.29) is 0 Å². The molecule has 0 radical (unpaired) electrons. The molecule has 3 heteroatoms. The molecule has 94 valence electrons. The van der Waals surface area contributed by atoms with Crippen molar-refractivity contribution >= 4 is 0 Å². The predicted octanol–water partition coefficient (Wildman–Crippen LogP) is 1.88. The van der Waals surface area contributed by atoms with Gasteiger partial charge >= 0.3 is 0 Å². The molecule has 0 amide bonds. The molecule has 3 nitrogen and oxygen atoms in total. The van der Waals surface area contributed by atoms with Crippen molar-refractivity contribution in [1.82, 2.24) is 10.2 Å². The molecule has 17 heavy (non-hydrogen) atoms. The molecule has 1 unspecified atom stereocenters. The van der Waals surface area contributed by atoms with E-state index in [0.717, 1.165) is 31.9 Å². The van der Waals surface area contributed by atoms with Crippen LogP contribution in [0.2, 0.25) is 0 Å². The molecular weight excluding hydrogens is 212 g/mol. The highest BCUT2D eigenvalue weighted by Gasteiger charge is 2.20. The van der Waals surface area contributed by atoms with E-state index in [1.807, 2.05) is 12.1 Å². The minimum absolute atomic E-state index is 0.696. The van der Waals surface area contributed by atoms with Crippen LogP contribution in [0.3, 0.4) is 0 Å². The van der Waals surface area contributed by atoms with E-state index in [4.69, 9.17) is 4.74 Å². The Morgan fingerprint density at radius 2 is 2.12 bits per heavy atom. The van der Waals surface area contributed by atoms with Crippen LogP contribution in [0.4, 0.5) is 0 Å². The van der Waals surface area contributed by atoms with Gasteiger partial charge in [0.1, 0.15) is 5.75 Å². The number of methoxy groups -OCH3 is 1. The summed E-state index contributed by atoms with van der Waals surface area (Å²) < 4.78 is 5.18. The summed E-state index contributed by atoms with van der Waals surface area (Å²) in [6.45, 7) is 6.67. The third-order valence-electron chi connectivity index (χ3n) is 3.50. The zero-order valence-electron chi connectivity index (χ0n) is 10.8. The molecule has 1 atom stereocenters. The highest BCUT2D eigenvalue weighted by Crippen LogP contribution is 2.16. The fourth-order valence-corrected chi connectivity index (χ4v) is 2.42. The molecule has 1 aromatic carbocycles. The lowest BCUT2D eigenvalue weighted by atomic mass is 10.1. The first kappa shape index (κ1) is 12.4. The normalized spacial score (nSPS) is 19.8. The second kappa shape index (κ2) is 6.03. The first-order valence-electron chi connectivity index (χ1n) is 6.41. The summed E-state index contributed by atoms with van der Waals surface area (Å²) in [6.07, 6.45) is 1.27. The minimum Gasteiger partial charge on any atom is -0.497 e. The van der Waals surface area contributed by atoms with Crippen LogP contribution in [0.15, 0.2) is 24.3 Å². The number of ether oxygens (including phenoxy) is 1. The van der Waals surface area contributed by atoms with Gasteiger partial charge in [-0.3, -0.25) is 4.90 Å². The first-order valence-corrected chi connectivity index (χ1v) is 6.41. The second-order valence-electron chi connectivity index (χ2n) is 4.56. The summed E-state index contributed by atoms with van der Waals surface area (Å²) in [5, 5.41) is 3.43. The third kappa shape index (κ3) is 3.20. The second-order valence-corrected chi connectivity index (χ2v) is 4.56. The highest BCUT2D eigenvalue weighted by molar-refractivity contribution is 5.27. The van der Waals surface area contributed by atoms with Crippen molar-refractivity contribution in [2.24, 2.45) is 0 Å². The molecule has 0 bridgehead atoms. The van der Waals surface area contributed by atoms with Crippen molar-refractivity contribution in [3.63, 3.8) is 0 Å². The molecule has 0 spiro atoms. The number of likely N-dealkylation sites (N-methyl/N-ethyl adjacent to an activating group) is 1. The van der Waals surface area contributed by atoms with Gasteiger partial charge in [0.05, 0.1) is 7.11 Å². The molecule has 2 rings (SSSR count). The van der Waals surface area contributed by atoms with Crippen LogP contribution in [0, 0.1) is 0 Å². The third-order valence-corrected chi connectivity index (χ3v) is 3.50. The predicted molar refractivity (Wildman–Crippen MR) is 70.4 cm³/mol. The topological polar surface area (TPSA) is 24.5 Å². The molecule has 1 aliphatic rings. The Morgan fingerprint density at radius 3 is 2.65 bits per heavy atom. The molecule has 1 heterocycles. The Kier molecular flexibility index (Phi) is 4.40. The lowest BCUT2D eigenvalue weighted by Crippen LogP contribution is -2.36. The molecule has 0 saturated carbocycles. The van der Waals surface area contributed by atoms with Gasteiger partial charge in [0.25, 0.3) is 0 Å². The first-order chi connectivity index (χ1) is 8.33. The van der Waals surface area contributed by atoms with E-state index >= 15 is 0 Å². The molecule has 0 aliphatic carbocycles. The molecule has 1 fully saturated rings. The van der Waals surface area contributed by atoms with Gasteiger partial charge in [-0.15, -0.1) is 0 Å². The number of hydrogen-bond acceptors (Lipinski definition) is 3. The van der Waals surface area contributed by atoms with Crippen molar-refractivity contribution < 1.29 is 4.74 Å². The van der Waals surface area contributed by atoms with Gasteiger partial charge in [-0.25, -0.2) is 0 Å². The van der Waals surface area contributed by atoms with E-state index in [2.05, 4.69) is 29.3 Å². The minimum atomic E-state index is 0.696. The summed E-state index contributed by atoms with van der Waals surface area (Å²) in [5.41, 5.74) is 1.36. The average Bonchev–Trinajstić information content (AvgIpc) is 2.90. The van der Waals surface area contributed by atoms with Crippen molar-refractivity contribution in [3.05, 3.63) is 29.8 Å². The number of nitrogens with zero attached hydrogens (tertiary/aromatic N) is 1. The van der Waals surface area contributed by atoms with Gasteiger partial charge in [-0.05, 0) is 37.2 Å². The van der Waals surface area contributed by atoms with Crippen molar-refractivity contribution in [2.45, 2.75) is 25.9 Å². The Bertz CT molecular complexity index is 331. The molecular formula is C14H22N2O. The summed E-state index contributed by atoms with van der Waals surface area (Å²) >= 11 is 0. The summed E-state index contributed by atoms with van der Waals surface area (Å²) in [4.78, 5) is 2.54. The van der Waals surface area contributed by atoms with Crippen molar-refractivity contribution in [3.8, 4) is 5.75 Å². The zero-order chi connectivity index (χ0) is 12.1. The van der Waals surface area contributed by atoms with Gasteiger partial charge in [0, 0.05) is 19.1 Å². The van der Waals surface area contributed by atoms with Crippen LogP contribution >= 0.6 is 0 Å². The van der Waals surface area contributed by atoms with Crippen molar-refractivity contribution in [2.75, 3.05) is 26.7 Å². The summed E-state index contributed by atoms with van der Waals surface area (Å²) in [5.74, 6) is 0.930. The number of rotatable bonds is 5. The van der Waals surface area contributed by atoms with Crippen LogP contribution in [0.1, 0.15) is 18.9 Å². The van der Waals surface area contributed by atoms with Gasteiger partial charge in [0.2, 0.25) is 0 Å². The fraction of sp³-hybridized carbons (Fsp3) is 0.571. The van der Waals surface area contributed by atoms with Crippen molar-refractivity contribution in [1.29, 1.82) is 0 Å². The quantitative estimate of drug-likeness (QED) is 0.842. The maximum absolute atomic E-state index is 5.18. The van der Waals surface area contributed by atoms with Crippen LogP contribution in [-0.2, 0) is 6.54 Å². The molecule has 1 saturated heterocycles. The summed E-state index contributed by atoms with van der Waals surface area (Å²) in [7, 11) is 1.71. The Hall–Kier alpha value is -1.06. The van der Waals surface area contributed by atoms with Gasteiger partial charge in [-0.2, -0.15) is 0 Å². The monoisotopic (exact) mass is 234 g/mol. The molecule has 1 aromatic rings. The number of hydrogen-bond donors (Lipinski definition) is 1. The van der Waals surface area contributed by atoms with E-state index < -0.39 is 0 Å². The largest absolute Gasteiger partial charge is 0.497 e. The van der Waals surface area contributed by atoms with Gasteiger partial charge < -0.3 is 10.1 Å². The molecule has 1 N–H and O–H groups in total. The van der Waals surface area contributed by atoms with Gasteiger partial charge in [0.15, 0.2) is 0 Å². The fourth-order valence-electron chi connectivity index (χ4n) is 2.42. The zero-order valence-corrected chi connectivity index (χ0v) is 10.8. The standard InChI is InChI=1S/C14H22N2O/c1-3-16(13-8-9-15-10-13)11-12-4-6-14(17-2)7-5-12/h4-7,13,15H,3,8-11H2,1-2H3. The van der Waals surface area contributed by atoms with Crippen LogP contribution in [-0.4, -0.2) is 37.7 Å². The van der Waals surface area contributed by atoms with Crippen LogP contribution < -0.4 is 10.1 Å². The smallest absolute Gasteiger partial charge is 0.118 e. The maximum atomic E-state index is 5.18. The van der Waals surface area contributed by atoms with E-state index in [1.165, 1.54) is 12.0 Å². The molecule has 1 aliphatic heterocycles. The number of benzene rings is 1. The number of nitrogens with one attached hydrogen (secondary N) is 1. The van der Waals surface area contributed by atoms with Crippen LogP contribution in [0.5, 0.6) is 5.75 Å². The summed E-state index contributed by atoms with van der Waals surface area (Å²) in [6, 6.07) is 9.09. The average molecular weight is 234 g/mol. The van der Waals surface area contributed by atoms with Crippen LogP contribution in [0.25, 0.3) is 0 Å². The Balaban J connectivity index is 1.96. The maximum Gasteiger partial charge on any atom is 0.118 e. The SMILES string of the molecule is CCN(Cc1ccc(OC)cc1)C1CCNC1. The van der Waals surface area contributed by atoms with E-state index in [1.54, 1.807) is 7.11 Å². The Morgan fingerprint density at radius 1 is 1.35 bits per heavy atom. The van der Waals surface area contributed by atoms with E-state index in [9.17, 15) is 0 Å². The molecule has 0 aromatic heterocycles. The highest BCUT2D eigenvalue weighted by atomic mass is 16.5. The van der Waals surface area contributed by atoms with E-state index in [0.29, 0.717) is 6.04 Å². The van der Waals surface area contributed by atoms with Gasteiger partial charge in [-0.1, -0.05) is 19.1 Å². The lowest BCUT2D eigenvalue weighted by Gasteiger charge is -2.26.